The van der Waals surface area contributed by atoms with Crippen molar-refractivity contribution in [3.8, 4) is 0 Å². The Morgan fingerprint density at radius 3 is 1.97 bits per heavy atom. The summed E-state index contributed by atoms with van der Waals surface area (Å²) < 4.78 is 21.2. The van der Waals surface area contributed by atoms with E-state index in [1.54, 1.807) is 0 Å². The summed E-state index contributed by atoms with van der Waals surface area (Å²) in [4.78, 5) is 48.5. The van der Waals surface area contributed by atoms with E-state index in [9.17, 15) is 19.2 Å². The maximum absolute atomic E-state index is 12.4. The summed E-state index contributed by atoms with van der Waals surface area (Å²) in [5.41, 5.74) is 0.194. The van der Waals surface area contributed by atoms with Crippen LogP contribution in [0.2, 0.25) is 0 Å². The lowest BCUT2D eigenvalue weighted by Gasteiger charge is -2.35. The van der Waals surface area contributed by atoms with Gasteiger partial charge in [0.2, 0.25) is 0 Å². The Bertz CT molecular complexity index is 654. The molecule has 0 N–H and O–H groups in total. The van der Waals surface area contributed by atoms with Crippen molar-refractivity contribution in [2.75, 3.05) is 7.11 Å². The van der Waals surface area contributed by atoms with E-state index in [2.05, 4.69) is 0 Å². The van der Waals surface area contributed by atoms with Crippen LogP contribution in [0, 0.1) is 11.8 Å². The van der Waals surface area contributed by atoms with Gasteiger partial charge in [-0.2, -0.15) is 0 Å². The Morgan fingerprint density at radius 1 is 0.967 bits per heavy atom. The van der Waals surface area contributed by atoms with Gasteiger partial charge in [-0.05, 0) is 17.9 Å². The maximum Gasteiger partial charge on any atom is 0.333 e. The molecule has 30 heavy (non-hydrogen) atoms. The summed E-state index contributed by atoms with van der Waals surface area (Å²) in [6, 6.07) is 0. The van der Waals surface area contributed by atoms with Gasteiger partial charge in [0.1, 0.15) is 6.10 Å². The monoisotopic (exact) mass is 426 g/mol. The molecular weight excluding hydrogens is 392 g/mol. The van der Waals surface area contributed by atoms with E-state index in [-0.39, 0.29) is 36.7 Å². The number of hydrogen-bond acceptors (Lipinski definition) is 8. The van der Waals surface area contributed by atoms with Crippen LogP contribution < -0.4 is 0 Å². The quantitative estimate of drug-likeness (QED) is 0.388. The molecule has 1 aliphatic rings. The second kappa shape index (κ2) is 12.3. The van der Waals surface area contributed by atoms with E-state index in [1.165, 1.54) is 20.1 Å². The molecule has 0 amide bonds. The van der Waals surface area contributed by atoms with Gasteiger partial charge in [-0.1, -0.05) is 40.5 Å². The molecule has 5 atom stereocenters. The van der Waals surface area contributed by atoms with Crippen LogP contribution in [0.1, 0.15) is 66.7 Å². The summed E-state index contributed by atoms with van der Waals surface area (Å²) in [6.07, 6.45) is 0.296. The van der Waals surface area contributed by atoms with Crippen LogP contribution in [0.4, 0.5) is 0 Å². The van der Waals surface area contributed by atoms with Gasteiger partial charge in [0.05, 0.1) is 7.11 Å². The topological polar surface area (TPSA) is 105 Å². The molecule has 1 aliphatic carbocycles. The first-order valence-electron chi connectivity index (χ1n) is 10.5. The molecule has 0 aromatic rings. The lowest BCUT2D eigenvalue weighted by molar-refractivity contribution is -0.183. The van der Waals surface area contributed by atoms with Crippen molar-refractivity contribution in [2.24, 2.45) is 11.8 Å². The maximum atomic E-state index is 12.4. The molecule has 170 valence electrons. The van der Waals surface area contributed by atoms with Gasteiger partial charge in [-0.25, -0.2) is 4.79 Å². The van der Waals surface area contributed by atoms with E-state index in [1.807, 2.05) is 27.7 Å². The highest BCUT2D eigenvalue weighted by atomic mass is 16.6. The van der Waals surface area contributed by atoms with Gasteiger partial charge in [-0.3, -0.25) is 14.4 Å². The third-order valence-electron chi connectivity index (χ3n) is 5.20. The zero-order valence-electron chi connectivity index (χ0n) is 18.8. The lowest BCUT2D eigenvalue weighted by Crippen LogP contribution is -2.48. The molecule has 0 saturated carbocycles. The van der Waals surface area contributed by atoms with E-state index in [4.69, 9.17) is 18.9 Å². The van der Waals surface area contributed by atoms with E-state index >= 15 is 0 Å². The summed E-state index contributed by atoms with van der Waals surface area (Å²) in [5, 5.41) is 0. The van der Waals surface area contributed by atoms with Gasteiger partial charge < -0.3 is 18.9 Å². The van der Waals surface area contributed by atoms with Crippen LogP contribution in [0.5, 0.6) is 0 Å². The average Bonchev–Trinajstić information content (AvgIpc) is 2.68. The first-order chi connectivity index (χ1) is 14.1. The summed E-state index contributed by atoms with van der Waals surface area (Å²) >= 11 is 0. The number of rotatable bonds is 10. The van der Waals surface area contributed by atoms with Crippen molar-refractivity contribution in [3.05, 3.63) is 11.6 Å². The third kappa shape index (κ3) is 8.16. The molecular formula is C22H34O8. The van der Waals surface area contributed by atoms with E-state index in [0.717, 1.165) is 12.8 Å². The molecule has 0 aromatic heterocycles. The van der Waals surface area contributed by atoms with Crippen molar-refractivity contribution >= 4 is 23.9 Å². The number of ether oxygens (including phenoxy) is 4. The number of carbonyl (C=O) groups excluding carboxylic acids is 4. The predicted octanol–water partition coefficient (Wildman–Crippen LogP) is 3.12. The highest BCUT2D eigenvalue weighted by Crippen LogP contribution is 2.29. The molecule has 0 heterocycles. The van der Waals surface area contributed by atoms with Crippen LogP contribution in [0.25, 0.3) is 0 Å². The zero-order chi connectivity index (χ0) is 22.8. The number of carbonyl (C=O) groups is 4. The molecule has 0 radical (unpaired) electrons. The Balaban J connectivity index is 3.15. The van der Waals surface area contributed by atoms with Crippen molar-refractivity contribution in [1.82, 2.24) is 0 Å². The second-order valence-corrected chi connectivity index (χ2v) is 7.88. The Hall–Kier alpha value is -2.38. The highest BCUT2D eigenvalue weighted by molar-refractivity contribution is 5.89. The average molecular weight is 427 g/mol. The number of hydrogen-bond donors (Lipinski definition) is 0. The third-order valence-corrected chi connectivity index (χ3v) is 5.20. The molecule has 0 unspecified atom stereocenters. The summed E-state index contributed by atoms with van der Waals surface area (Å²) in [7, 11) is 1.23. The Kier molecular flexibility index (Phi) is 10.6. The standard InChI is InChI=1S/C22H34O8/c1-7-13(3)9-19(24)29-18-12-16(22(26)27-6)11-17(28-15(5)23)21(18)30-20(25)10-14(4)8-2/h11,13-14,17-18,21H,7-10,12H2,1-6H3/t13-,14+,17+,18+,21+/m0/s1. The zero-order valence-corrected chi connectivity index (χ0v) is 18.8. The molecule has 0 aliphatic heterocycles. The molecule has 8 heteroatoms. The van der Waals surface area contributed by atoms with Gasteiger partial charge in [0, 0.05) is 31.8 Å². The molecule has 0 spiro atoms. The fourth-order valence-corrected chi connectivity index (χ4v) is 3.01. The minimum atomic E-state index is -1.06. The van der Waals surface area contributed by atoms with E-state index in [0.29, 0.717) is 0 Å². The van der Waals surface area contributed by atoms with Crippen LogP contribution in [0.3, 0.4) is 0 Å². The first-order valence-corrected chi connectivity index (χ1v) is 10.5. The Labute approximate surface area is 178 Å². The SMILES string of the molecule is CC[C@@H](C)CC(=O)O[C@@H]1[C@H](OC(C)=O)C=C(C(=O)OC)C[C@H]1OC(=O)C[C@@H](C)CC. The molecule has 0 saturated heterocycles. The van der Waals surface area contributed by atoms with Gasteiger partial charge >= 0.3 is 23.9 Å². The highest BCUT2D eigenvalue weighted by Gasteiger charge is 2.42. The van der Waals surface area contributed by atoms with Gasteiger partial charge in [-0.15, -0.1) is 0 Å². The smallest absolute Gasteiger partial charge is 0.333 e. The predicted molar refractivity (Wildman–Crippen MR) is 108 cm³/mol. The molecule has 8 nitrogen and oxygen atoms in total. The summed E-state index contributed by atoms with van der Waals surface area (Å²) in [5.74, 6) is -1.96. The fraction of sp³-hybridized carbons (Fsp3) is 0.727. The van der Waals surface area contributed by atoms with Crippen LogP contribution in [0.15, 0.2) is 11.6 Å². The lowest BCUT2D eigenvalue weighted by atomic mass is 9.91. The van der Waals surface area contributed by atoms with Crippen LogP contribution >= 0.6 is 0 Å². The molecule has 0 fully saturated rings. The first kappa shape index (κ1) is 25.7. The van der Waals surface area contributed by atoms with Crippen LogP contribution in [-0.4, -0.2) is 49.3 Å². The number of esters is 4. The van der Waals surface area contributed by atoms with Crippen molar-refractivity contribution in [2.45, 2.75) is 85.0 Å². The number of methoxy groups -OCH3 is 1. The van der Waals surface area contributed by atoms with E-state index < -0.39 is 42.2 Å². The van der Waals surface area contributed by atoms with Crippen LogP contribution in [-0.2, 0) is 38.1 Å². The Morgan fingerprint density at radius 2 is 1.50 bits per heavy atom. The molecule has 1 rings (SSSR count). The summed E-state index contributed by atoms with van der Waals surface area (Å²) in [6.45, 7) is 8.98. The minimum Gasteiger partial charge on any atom is -0.466 e. The van der Waals surface area contributed by atoms with Crippen molar-refractivity contribution in [1.29, 1.82) is 0 Å². The molecule has 0 aromatic carbocycles. The minimum absolute atomic E-state index is 0.00202. The fourth-order valence-electron chi connectivity index (χ4n) is 3.01. The van der Waals surface area contributed by atoms with Gasteiger partial charge in [0.25, 0.3) is 0 Å². The van der Waals surface area contributed by atoms with Gasteiger partial charge in [0.15, 0.2) is 12.2 Å². The largest absolute Gasteiger partial charge is 0.466 e. The second-order valence-electron chi connectivity index (χ2n) is 7.88. The van der Waals surface area contributed by atoms with Crippen molar-refractivity contribution in [3.63, 3.8) is 0 Å². The normalized spacial score (nSPS) is 22.9. The molecule has 0 bridgehead atoms. The van der Waals surface area contributed by atoms with Crippen molar-refractivity contribution < 1.29 is 38.1 Å².